The van der Waals surface area contributed by atoms with Crippen LogP contribution in [0.1, 0.15) is 31.7 Å². The van der Waals surface area contributed by atoms with E-state index in [2.05, 4.69) is 22.4 Å². The molecule has 0 unspecified atom stereocenters. The molecule has 1 aromatic heterocycles. The third-order valence-electron chi connectivity index (χ3n) is 1.85. The first-order valence-electron chi connectivity index (χ1n) is 5.46. The zero-order valence-corrected chi connectivity index (χ0v) is 10.5. The lowest BCUT2D eigenvalue weighted by Crippen LogP contribution is -2.13. The number of ether oxygens (including phenoxy) is 1. The van der Waals surface area contributed by atoms with E-state index in [0.717, 1.165) is 17.8 Å². The molecule has 6 heteroatoms. The summed E-state index contributed by atoms with van der Waals surface area (Å²) in [5.41, 5.74) is 0. The zero-order valence-electron chi connectivity index (χ0n) is 9.65. The van der Waals surface area contributed by atoms with E-state index in [1.807, 2.05) is 6.92 Å². The van der Waals surface area contributed by atoms with E-state index in [-0.39, 0.29) is 5.91 Å². The summed E-state index contributed by atoms with van der Waals surface area (Å²) in [7, 11) is 0. The van der Waals surface area contributed by atoms with Crippen molar-refractivity contribution in [1.82, 2.24) is 10.2 Å². The van der Waals surface area contributed by atoms with Gasteiger partial charge in [-0.05, 0) is 13.3 Å². The molecule has 0 aliphatic rings. The molecule has 16 heavy (non-hydrogen) atoms. The Morgan fingerprint density at radius 1 is 1.44 bits per heavy atom. The van der Waals surface area contributed by atoms with E-state index in [9.17, 15) is 4.79 Å². The van der Waals surface area contributed by atoms with Gasteiger partial charge in [0.1, 0.15) is 5.01 Å². The first-order chi connectivity index (χ1) is 7.76. The van der Waals surface area contributed by atoms with Crippen LogP contribution in [0.15, 0.2) is 0 Å². The number of carbonyl (C=O) groups is 1. The molecule has 0 fully saturated rings. The van der Waals surface area contributed by atoms with Gasteiger partial charge in [0.2, 0.25) is 11.0 Å². The molecule has 0 aliphatic carbocycles. The van der Waals surface area contributed by atoms with Crippen LogP contribution in [-0.4, -0.2) is 29.3 Å². The molecular weight excluding hydrogens is 226 g/mol. The topological polar surface area (TPSA) is 64.1 Å². The summed E-state index contributed by atoms with van der Waals surface area (Å²) in [6, 6.07) is 0. The number of hydrogen-bond donors (Lipinski definition) is 1. The van der Waals surface area contributed by atoms with Gasteiger partial charge in [-0.1, -0.05) is 18.3 Å². The van der Waals surface area contributed by atoms with E-state index < -0.39 is 0 Å². The fraction of sp³-hybridized carbons (Fsp3) is 0.700. The lowest BCUT2D eigenvalue weighted by molar-refractivity contribution is -0.117. The molecule has 0 spiro atoms. The van der Waals surface area contributed by atoms with E-state index in [0.29, 0.717) is 24.8 Å². The summed E-state index contributed by atoms with van der Waals surface area (Å²) >= 11 is 1.43. The minimum absolute atomic E-state index is 0.0763. The van der Waals surface area contributed by atoms with Crippen molar-refractivity contribution in [3.63, 3.8) is 0 Å². The Balaban J connectivity index is 2.31. The van der Waals surface area contributed by atoms with Crippen molar-refractivity contribution in [3.05, 3.63) is 5.01 Å². The monoisotopic (exact) mass is 243 g/mol. The second kappa shape index (κ2) is 7.29. The van der Waals surface area contributed by atoms with Gasteiger partial charge in [-0.25, -0.2) is 0 Å². The average molecular weight is 243 g/mol. The average Bonchev–Trinajstić information content (AvgIpc) is 2.66. The summed E-state index contributed by atoms with van der Waals surface area (Å²) in [4.78, 5) is 11.4. The number of rotatable bonds is 7. The molecule has 0 saturated carbocycles. The summed E-state index contributed by atoms with van der Waals surface area (Å²) < 4.78 is 5.09. The van der Waals surface area contributed by atoms with Gasteiger partial charge < -0.3 is 10.1 Å². The number of aryl methyl sites for hydroxylation is 1. The van der Waals surface area contributed by atoms with Crippen LogP contribution < -0.4 is 5.32 Å². The van der Waals surface area contributed by atoms with Gasteiger partial charge >= 0.3 is 0 Å². The van der Waals surface area contributed by atoms with Crippen LogP contribution in [0.5, 0.6) is 0 Å². The minimum Gasteiger partial charge on any atom is -0.381 e. The third-order valence-corrected chi connectivity index (χ3v) is 2.75. The quantitative estimate of drug-likeness (QED) is 0.742. The van der Waals surface area contributed by atoms with E-state index >= 15 is 0 Å². The molecule has 0 aromatic carbocycles. The molecule has 1 heterocycles. The molecule has 0 bridgehead atoms. The number of carbonyl (C=O) groups excluding carboxylic acids is 1. The summed E-state index contributed by atoms with van der Waals surface area (Å²) in [5, 5.41) is 12.1. The van der Waals surface area contributed by atoms with Crippen molar-refractivity contribution in [1.29, 1.82) is 0 Å². The molecule has 1 N–H and O–H groups in total. The standard InChI is InChI=1S/C10H17N3O2S/c1-3-5-9-12-13-10(16-9)11-8(14)6-7-15-4-2/h3-7H2,1-2H3,(H,11,13,14). The Bertz CT molecular complexity index is 328. The summed E-state index contributed by atoms with van der Waals surface area (Å²) in [6.45, 7) is 5.07. The number of aromatic nitrogens is 2. The Labute approximate surface area is 99.2 Å². The van der Waals surface area contributed by atoms with Crippen molar-refractivity contribution in [2.45, 2.75) is 33.1 Å². The van der Waals surface area contributed by atoms with Gasteiger partial charge in [0.05, 0.1) is 13.0 Å². The molecule has 0 saturated heterocycles. The summed E-state index contributed by atoms with van der Waals surface area (Å²) in [5.74, 6) is -0.0763. The first kappa shape index (κ1) is 13.1. The Kier molecular flexibility index (Phi) is 5.95. The SMILES string of the molecule is CCCc1nnc(NC(=O)CCOCC)s1. The molecule has 0 atom stereocenters. The fourth-order valence-corrected chi connectivity index (χ4v) is 1.97. The molecule has 1 amide bonds. The smallest absolute Gasteiger partial charge is 0.228 e. The molecule has 90 valence electrons. The Hall–Kier alpha value is -1.01. The van der Waals surface area contributed by atoms with Gasteiger partial charge in [-0.3, -0.25) is 4.79 Å². The van der Waals surface area contributed by atoms with Crippen molar-refractivity contribution in [2.75, 3.05) is 18.5 Å². The highest BCUT2D eigenvalue weighted by molar-refractivity contribution is 7.15. The van der Waals surface area contributed by atoms with Crippen LogP contribution in [0.3, 0.4) is 0 Å². The molecule has 0 aliphatic heterocycles. The maximum atomic E-state index is 11.4. The minimum atomic E-state index is -0.0763. The van der Waals surface area contributed by atoms with Crippen LogP contribution in [0, 0.1) is 0 Å². The summed E-state index contributed by atoms with van der Waals surface area (Å²) in [6.07, 6.45) is 2.30. The number of nitrogens with one attached hydrogen (secondary N) is 1. The fourth-order valence-electron chi connectivity index (χ4n) is 1.11. The van der Waals surface area contributed by atoms with Crippen LogP contribution in [0.25, 0.3) is 0 Å². The first-order valence-corrected chi connectivity index (χ1v) is 6.27. The Morgan fingerprint density at radius 3 is 2.94 bits per heavy atom. The van der Waals surface area contributed by atoms with Crippen molar-refractivity contribution in [2.24, 2.45) is 0 Å². The van der Waals surface area contributed by atoms with Gasteiger partial charge in [0.15, 0.2) is 0 Å². The van der Waals surface area contributed by atoms with Crippen LogP contribution in [-0.2, 0) is 16.0 Å². The highest BCUT2D eigenvalue weighted by atomic mass is 32.1. The lowest BCUT2D eigenvalue weighted by atomic mass is 10.4. The molecule has 5 nitrogen and oxygen atoms in total. The molecule has 1 aromatic rings. The highest BCUT2D eigenvalue weighted by Crippen LogP contribution is 2.16. The second-order valence-corrected chi connectivity index (χ2v) is 4.31. The highest BCUT2D eigenvalue weighted by Gasteiger charge is 2.07. The normalized spacial score (nSPS) is 10.4. The van der Waals surface area contributed by atoms with Crippen molar-refractivity contribution < 1.29 is 9.53 Å². The number of hydrogen-bond acceptors (Lipinski definition) is 5. The van der Waals surface area contributed by atoms with Crippen LogP contribution in [0.2, 0.25) is 0 Å². The third kappa shape index (κ3) is 4.67. The van der Waals surface area contributed by atoms with Crippen LogP contribution >= 0.6 is 11.3 Å². The van der Waals surface area contributed by atoms with Crippen molar-refractivity contribution >= 4 is 22.4 Å². The number of anilines is 1. The molecular formula is C10H17N3O2S. The van der Waals surface area contributed by atoms with Gasteiger partial charge in [-0.2, -0.15) is 0 Å². The Morgan fingerprint density at radius 2 is 2.25 bits per heavy atom. The maximum absolute atomic E-state index is 11.4. The van der Waals surface area contributed by atoms with Crippen LogP contribution in [0.4, 0.5) is 5.13 Å². The lowest BCUT2D eigenvalue weighted by Gasteiger charge is -2.00. The predicted octanol–water partition coefficient (Wildman–Crippen LogP) is 1.86. The number of nitrogens with zero attached hydrogens (tertiary/aromatic N) is 2. The van der Waals surface area contributed by atoms with Crippen molar-refractivity contribution in [3.8, 4) is 0 Å². The second-order valence-electron chi connectivity index (χ2n) is 3.25. The molecule has 1 rings (SSSR count). The predicted molar refractivity (Wildman–Crippen MR) is 63.6 cm³/mol. The van der Waals surface area contributed by atoms with Gasteiger partial charge in [0, 0.05) is 13.0 Å². The van der Waals surface area contributed by atoms with Gasteiger partial charge in [-0.15, -0.1) is 10.2 Å². The van der Waals surface area contributed by atoms with E-state index in [4.69, 9.17) is 4.74 Å². The number of amides is 1. The molecule has 0 radical (unpaired) electrons. The van der Waals surface area contributed by atoms with E-state index in [1.54, 1.807) is 0 Å². The zero-order chi connectivity index (χ0) is 11.8. The largest absolute Gasteiger partial charge is 0.381 e. The maximum Gasteiger partial charge on any atom is 0.228 e. The van der Waals surface area contributed by atoms with E-state index in [1.165, 1.54) is 11.3 Å². The van der Waals surface area contributed by atoms with Gasteiger partial charge in [0.25, 0.3) is 0 Å².